The number of carbonyl (C=O) groups is 1. The van der Waals surface area contributed by atoms with Crippen LogP contribution in [0.3, 0.4) is 0 Å². The molecule has 138 valence electrons. The Morgan fingerprint density at radius 3 is 2.93 bits per heavy atom. The topological polar surface area (TPSA) is 50.2 Å². The van der Waals surface area contributed by atoms with Crippen LogP contribution in [-0.2, 0) is 7.05 Å². The van der Waals surface area contributed by atoms with Gasteiger partial charge in [0.15, 0.2) is 0 Å². The minimum Gasteiger partial charge on any atom is -0.335 e. The molecular weight excluding hydrogens is 356 g/mol. The van der Waals surface area contributed by atoms with E-state index >= 15 is 0 Å². The zero-order valence-corrected chi connectivity index (χ0v) is 16.3. The average Bonchev–Trinajstić information content (AvgIpc) is 3.05. The lowest BCUT2D eigenvalue weighted by molar-refractivity contribution is 0.217. The van der Waals surface area contributed by atoms with Crippen molar-refractivity contribution in [2.45, 2.75) is 11.3 Å². The third-order valence-electron chi connectivity index (χ3n) is 4.90. The van der Waals surface area contributed by atoms with Crippen LogP contribution in [0.2, 0.25) is 0 Å². The molecule has 3 aromatic rings. The summed E-state index contributed by atoms with van der Waals surface area (Å²) < 4.78 is 2.06. The molecule has 0 spiro atoms. The van der Waals surface area contributed by atoms with E-state index in [9.17, 15) is 4.79 Å². The lowest BCUT2D eigenvalue weighted by atomic mass is 10.00. The molecule has 0 unspecified atom stereocenters. The van der Waals surface area contributed by atoms with E-state index in [-0.39, 0.29) is 6.03 Å². The zero-order valence-electron chi connectivity index (χ0n) is 15.5. The van der Waals surface area contributed by atoms with Gasteiger partial charge in [-0.3, -0.25) is 0 Å². The minimum absolute atomic E-state index is 0.0526. The van der Waals surface area contributed by atoms with E-state index in [0.29, 0.717) is 13.1 Å². The maximum atomic E-state index is 12.6. The summed E-state index contributed by atoms with van der Waals surface area (Å²) in [6.45, 7) is 1.32. The third-order valence-corrected chi connectivity index (χ3v) is 5.62. The molecule has 0 saturated carbocycles. The van der Waals surface area contributed by atoms with Crippen molar-refractivity contribution in [2.75, 3.05) is 24.7 Å². The molecule has 2 aromatic heterocycles. The van der Waals surface area contributed by atoms with Gasteiger partial charge in [0, 0.05) is 54.1 Å². The van der Waals surface area contributed by atoms with Crippen LogP contribution >= 0.6 is 11.8 Å². The van der Waals surface area contributed by atoms with E-state index in [1.54, 1.807) is 11.8 Å². The predicted molar refractivity (Wildman–Crippen MR) is 112 cm³/mol. The second kappa shape index (κ2) is 7.48. The highest BCUT2D eigenvalue weighted by Crippen LogP contribution is 2.29. The fourth-order valence-corrected chi connectivity index (χ4v) is 3.93. The molecule has 0 radical (unpaired) electrons. The molecule has 0 fully saturated rings. The van der Waals surface area contributed by atoms with E-state index in [2.05, 4.69) is 33.2 Å². The Morgan fingerprint density at radius 1 is 1.26 bits per heavy atom. The molecule has 3 heterocycles. The fraction of sp³-hybridized carbons (Fsp3) is 0.238. The number of fused-ring (bicyclic) bond motifs is 1. The number of hydrogen-bond acceptors (Lipinski definition) is 3. The molecule has 0 atom stereocenters. The summed E-state index contributed by atoms with van der Waals surface area (Å²) in [6, 6.07) is 11.9. The van der Waals surface area contributed by atoms with Crippen LogP contribution in [0.1, 0.15) is 12.0 Å². The molecule has 0 aliphatic carbocycles. The number of anilines is 1. The number of nitrogens with zero attached hydrogens (tertiary/aromatic N) is 3. The number of pyridine rings is 1. The SMILES string of the molecule is CSc1cccc(NC(=O)N2CC=C(c3cn(C)c4ncccc34)CC2)c1. The van der Waals surface area contributed by atoms with Gasteiger partial charge in [-0.2, -0.15) is 0 Å². The van der Waals surface area contributed by atoms with Crippen LogP contribution in [0.5, 0.6) is 0 Å². The largest absolute Gasteiger partial charge is 0.335 e. The Morgan fingerprint density at radius 2 is 2.15 bits per heavy atom. The summed E-state index contributed by atoms with van der Waals surface area (Å²) in [5, 5.41) is 4.17. The van der Waals surface area contributed by atoms with Gasteiger partial charge in [0.1, 0.15) is 5.65 Å². The molecular formula is C21H22N4OS. The number of thioether (sulfide) groups is 1. The summed E-state index contributed by atoms with van der Waals surface area (Å²) in [5.74, 6) is 0. The molecule has 1 aliphatic rings. The van der Waals surface area contributed by atoms with E-state index < -0.39 is 0 Å². The van der Waals surface area contributed by atoms with Crippen molar-refractivity contribution < 1.29 is 4.79 Å². The second-order valence-corrected chi connectivity index (χ2v) is 7.50. The van der Waals surface area contributed by atoms with Gasteiger partial charge in [0.25, 0.3) is 0 Å². The first-order valence-corrected chi connectivity index (χ1v) is 10.2. The van der Waals surface area contributed by atoms with Gasteiger partial charge in [-0.05, 0) is 48.6 Å². The highest BCUT2D eigenvalue weighted by atomic mass is 32.2. The van der Waals surface area contributed by atoms with Crippen molar-refractivity contribution >= 4 is 40.1 Å². The number of aromatic nitrogens is 2. The van der Waals surface area contributed by atoms with Crippen molar-refractivity contribution in [2.24, 2.45) is 7.05 Å². The van der Waals surface area contributed by atoms with Crippen molar-refractivity contribution in [3.8, 4) is 0 Å². The first kappa shape index (κ1) is 17.7. The number of hydrogen-bond donors (Lipinski definition) is 1. The summed E-state index contributed by atoms with van der Waals surface area (Å²) in [6.07, 6.45) is 8.97. The number of rotatable bonds is 3. The highest BCUT2D eigenvalue weighted by molar-refractivity contribution is 7.98. The van der Waals surface area contributed by atoms with Gasteiger partial charge in [0.05, 0.1) is 0 Å². The Labute approximate surface area is 163 Å². The van der Waals surface area contributed by atoms with E-state index in [4.69, 9.17) is 0 Å². The van der Waals surface area contributed by atoms with Crippen LogP contribution in [0, 0.1) is 0 Å². The number of amides is 2. The quantitative estimate of drug-likeness (QED) is 0.677. The Bertz CT molecular complexity index is 1020. The monoisotopic (exact) mass is 378 g/mol. The number of urea groups is 1. The van der Waals surface area contributed by atoms with Crippen molar-refractivity contribution in [3.05, 3.63) is 60.4 Å². The average molecular weight is 379 g/mol. The van der Waals surface area contributed by atoms with Crippen LogP contribution in [-0.4, -0.2) is 39.8 Å². The highest BCUT2D eigenvalue weighted by Gasteiger charge is 2.20. The van der Waals surface area contributed by atoms with Gasteiger partial charge >= 0.3 is 6.03 Å². The lowest BCUT2D eigenvalue weighted by Gasteiger charge is -2.26. The molecule has 2 amide bonds. The van der Waals surface area contributed by atoms with Crippen LogP contribution < -0.4 is 5.32 Å². The molecule has 1 aliphatic heterocycles. The standard InChI is InChI=1S/C21H22N4OS/c1-24-14-19(18-7-4-10-22-20(18)24)15-8-11-25(12-9-15)21(26)23-16-5-3-6-17(13-16)27-2/h3-8,10,13-14H,9,11-12H2,1-2H3,(H,23,26). The minimum atomic E-state index is -0.0526. The van der Waals surface area contributed by atoms with Crippen molar-refractivity contribution in [3.63, 3.8) is 0 Å². The van der Waals surface area contributed by atoms with Gasteiger partial charge in [-0.1, -0.05) is 12.1 Å². The molecule has 0 saturated heterocycles. The van der Waals surface area contributed by atoms with Gasteiger partial charge in [-0.25, -0.2) is 9.78 Å². The maximum Gasteiger partial charge on any atom is 0.322 e. The normalized spacial score (nSPS) is 14.3. The smallest absolute Gasteiger partial charge is 0.322 e. The molecule has 5 nitrogen and oxygen atoms in total. The summed E-state index contributed by atoms with van der Waals surface area (Å²) in [4.78, 5) is 20.0. The summed E-state index contributed by atoms with van der Waals surface area (Å²) in [7, 11) is 2.02. The fourth-order valence-electron chi connectivity index (χ4n) is 3.47. The first-order valence-electron chi connectivity index (χ1n) is 8.95. The van der Waals surface area contributed by atoms with E-state index in [1.165, 1.54) is 11.1 Å². The number of nitrogens with one attached hydrogen (secondary N) is 1. The summed E-state index contributed by atoms with van der Waals surface area (Å²) >= 11 is 1.66. The Kier molecular flexibility index (Phi) is 4.90. The number of benzene rings is 1. The van der Waals surface area contributed by atoms with E-state index in [1.807, 2.05) is 54.7 Å². The third kappa shape index (κ3) is 3.57. The summed E-state index contributed by atoms with van der Waals surface area (Å²) in [5.41, 5.74) is 4.32. The van der Waals surface area contributed by atoms with Crippen molar-refractivity contribution in [1.82, 2.24) is 14.5 Å². The Balaban J connectivity index is 1.48. The van der Waals surface area contributed by atoms with Gasteiger partial charge in [-0.15, -0.1) is 11.8 Å². The molecule has 1 N–H and O–H groups in total. The predicted octanol–water partition coefficient (Wildman–Crippen LogP) is 4.62. The van der Waals surface area contributed by atoms with E-state index in [0.717, 1.165) is 28.0 Å². The van der Waals surface area contributed by atoms with Crippen LogP contribution in [0.15, 0.2) is 59.8 Å². The van der Waals surface area contributed by atoms with Gasteiger partial charge in [0.2, 0.25) is 0 Å². The number of aryl methyl sites for hydroxylation is 1. The Hall–Kier alpha value is -2.73. The van der Waals surface area contributed by atoms with Gasteiger partial charge < -0.3 is 14.8 Å². The molecule has 4 rings (SSSR count). The molecule has 6 heteroatoms. The first-order chi connectivity index (χ1) is 13.2. The van der Waals surface area contributed by atoms with Crippen LogP contribution in [0.25, 0.3) is 16.6 Å². The maximum absolute atomic E-state index is 12.6. The molecule has 0 bridgehead atoms. The van der Waals surface area contributed by atoms with Crippen molar-refractivity contribution in [1.29, 1.82) is 0 Å². The molecule has 1 aromatic carbocycles. The second-order valence-electron chi connectivity index (χ2n) is 6.62. The number of carbonyl (C=O) groups excluding carboxylic acids is 1. The molecule has 27 heavy (non-hydrogen) atoms. The zero-order chi connectivity index (χ0) is 18.8. The lowest BCUT2D eigenvalue weighted by Crippen LogP contribution is -2.37. The van der Waals surface area contributed by atoms with Crippen LogP contribution in [0.4, 0.5) is 10.5 Å².